The van der Waals surface area contributed by atoms with Crippen LogP contribution in [-0.2, 0) is 23.9 Å². The van der Waals surface area contributed by atoms with E-state index in [0.717, 1.165) is 6.42 Å². The highest BCUT2D eigenvalue weighted by atomic mass is 16.6. The molecule has 1 atom stereocenters. The maximum absolute atomic E-state index is 12.7. The number of hydrogen-bond acceptors (Lipinski definition) is 5. The number of hydrogen-bond donors (Lipinski definition) is 1. The van der Waals surface area contributed by atoms with Gasteiger partial charge in [0.1, 0.15) is 5.54 Å². The van der Waals surface area contributed by atoms with Gasteiger partial charge in [0.2, 0.25) is 5.91 Å². The number of nitrogens with zero attached hydrogens (tertiary/aromatic N) is 1. The standard InChI is InChI=1S/C17H20N2O5/c1-17(2)16(22)18-11-6-3-4-7-12(11)19(17)14(20)10-24-15(21)13-8-5-9-23-13/h3-4,6-7,13H,5,8-10H2,1-2H3,(H,18,22)/t13-/m0/s1. The largest absolute Gasteiger partial charge is 0.454 e. The average Bonchev–Trinajstić information content (AvgIpc) is 3.08. The Morgan fingerprint density at radius 1 is 1.38 bits per heavy atom. The van der Waals surface area contributed by atoms with Gasteiger partial charge in [0.25, 0.3) is 5.91 Å². The average molecular weight is 332 g/mol. The second-order valence-electron chi connectivity index (χ2n) is 6.37. The summed E-state index contributed by atoms with van der Waals surface area (Å²) in [4.78, 5) is 38.3. The quantitative estimate of drug-likeness (QED) is 0.847. The van der Waals surface area contributed by atoms with Gasteiger partial charge < -0.3 is 14.8 Å². The maximum Gasteiger partial charge on any atom is 0.335 e. The summed E-state index contributed by atoms with van der Waals surface area (Å²) in [6.45, 7) is 3.40. The van der Waals surface area contributed by atoms with E-state index in [0.29, 0.717) is 24.4 Å². The highest BCUT2D eigenvalue weighted by Gasteiger charge is 2.43. The zero-order chi connectivity index (χ0) is 17.3. The molecule has 0 radical (unpaired) electrons. The molecule has 2 aliphatic rings. The molecule has 128 valence electrons. The number of fused-ring (bicyclic) bond motifs is 1. The molecule has 1 N–H and O–H groups in total. The van der Waals surface area contributed by atoms with Crippen molar-refractivity contribution in [1.29, 1.82) is 0 Å². The van der Waals surface area contributed by atoms with Crippen molar-refractivity contribution in [3.05, 3.63) is 24.3 Å². The predicted octanol–water partition coefficient (Wildman–Crippen LogP) is 1.47. The monoisotopic (exact) mass is 332 g/mol. The van der Waals surface area contributed by atoms with Crippen LogP contribution in [0.25, 0.3) is 0 Å². The fraction of sp³-hybridized carbons (Fsp3) is 0.471. The van der Waals surface area contributed by atoms with Crippen LogP contribution in [0.1, 0.15) is 26.7 Å². The van der Waals surface area contributed by atoms with Crippen molar-refractivity contribution in [1.82, 2.24) is 0 Å². The summed E-state index contributed by atoms with van der Waals surface area (Å²) in [5.74, 6) is -1.28. The van der Waals surface area contributed by atoms with Crippen LogP contribution in [0.4, 0.5) is 11.4 Å². The number of anilines is 2. The molecule has 0 bridgehead atoms. The number of amides is 2. The molecule has 0 unspecified atom stereocenters. The molecule has 0 aliphatic carbocycles. The van der Waals surface area contributed by atoms with Crippen molar-refractivity contribution in [3.8, 4) is 0 Å². The highest BCUT2D eigenvalue weighted by Crippen LogP contribution is 2.36. The molecule has 2 amide bonds. The number of benzene rings is 1. The highest BCUT2D eigenvalue weighted by molar-refractivity contribution is 6.14. The van der Waals surface area contributed by atoms with E-state index in [2.05, 4.69) is 5.32 Å². The lowest BCUT2D eigenvalue weighted by molar-refractivity contribution is -0.157. The molecular formula is C17H20N2O5. The summed E-state index contributed by atoms with van der Waals surface area (Å²) in [6.07, 6.45) is 0.816. The molecule has 2 heterocycles. The summed E-state index contributed by atoms with van der Waals surface area (Å²) < 4.78 is 10.3. The minimum absolute atomic E-state index is 0.292. The molecular weight excluding hydrogens is 312 g/mol. The number of esters is 1. The van der Waals surface area contributed by atoms with Gasteiger partial charge in [0.05, 0.1) is 11.4 Å². The van der Waals surface area contributed by atoms with Crippen LogP contribution in [0.3, 0.4) is 0 Å². The summed E-state index contributed by atoms with van der Waals surface area (Å²) in [7, 11) is 0. The van der Waals surface area contributed by atoms with Gasteiger partial charge in [-0.15, -0.1) is 0 Å². The van der Waals surface area contributed by atoms with Crippen molar-refractivity contribution in [2.45, 2.75) is 38.3 Å². The molecule has 0 spiro atoms. The molecule has 7 nitrogen and oxygen atoms in total. The van der Waals surface area contributed by atoms with Crippen molar-refractivity contribution in [3.63, 3.8) is 0 Å². The van der Waals surface area contributed by atoms with Crippen LogP contribution in [0, 0.1) is 0 Å². The van der Waals surface area contributed by atoms with Gasteiger partial charge >= 0.3 is 5.97 Å². The van der Waals surface area contributed by atoms with Gasteiger partial charge in [0, 0.05) is 6.61 Å². The number of para-hydroxylation sites is 2. The molecule has 1 aromatic carbocycles. The van der Waals surface area contributed by atoms with Crippen LogP contribution < -0.4 is 10.2 Å². The van der Waals surface area contributed by atoms with E-state index in [4.69, 9.17) is 9.47 Å². The summed E-state index contributed by atoms with van der Waals surface area (Å²) >= 11 is 0. The van der Waals surface area contributed by atoms with Crippen LogP contribution in [0.15, 0.2) is 24.3 Å². The molecule has 3 rings (SSSR count). The van der Waals surface area contributed by atoms with Gasteiger partial charge in [0.15, 0.2) is 12.7 Å². The Balaban J connectivity index is 1.77. The third-order valence-corrected chi connectivity index (χ3v) is 4.29. The summed E-state index contributed by atoms with van der Waals surface area (Å²) in [6, 6.07) is 7.03. The van der Waals surface area contributed by atoms with Crippen molar-refractivity contribution in [2.75, 3.05) is 23.4 Å². The first-order chi connectivity index (χ1) is 11.4. The Bertz CT molecular complexity index is 679. The Morgan fingerprint density at radius 2 is 2.12 bits per heavy atom. The number of carbonyl (C=O) groups is 3. The minimum Gasteiger partial charge on any atom is -0.454 e. The van der Waals surface area contributed by atoms with Gasteiger partial charge in [-0.3, -0.25) is 14.5 Å². The minimum atomic E-state index is -1.08. The Kier molecular flexibility index (Phi) is 4.28. The van der Waals surface area contributed by atoms with Crippen molar-refractivity contribution < 1.29 is 23.9 Å². The van der Waals surface area contributed by atoms with Crippen LogP contribution in [0.5, 0.6) is 0 Å². The second-order valence-corrected chi connectivity index (χ2v) is 6.37. The van der Waals surface area contributed by atoms with E-state index in [-0.39, 0.29) is 5.91 Å². The van der Waals surface area contributed by atoms with Gasteiger partial charge in [-0.05, 0) is 38.8 Å². The van der Waals surface area contributed by atoms with E-state index in [9.17, 15) is 14.4 Å². The van der Waals surface area contributed by atoms with Crippen LogP contribution >= 0.6 is 0 Å². The molecule has 1 fully saturated rings. The van der Waals surface area contributed by atoms with E-state index < -0.39 is 30.1 Å². The second kappa shape index (κ2) is 6.24. The van der Waals surface area contributed by atoms with Gasteiger partial charge in [-0.25, -0.2) is 4.79 Å². The van der Waals surface area contributed by atoms with Crippen molar-refractivity contribution >= 4 is 29.2 Å². The molecule has 2 aliphatic heterocycles. The summed E-state index contributed by atoms with van der Waals surface area (Å²) in [5, 5.41) is 2.78. The van der Waals surface area contributed by atoms with Crippen molar-refractivity contribution in [2.24, 2.45) is 0 Å². The lowest BCUT2D eigenvalue weighted by Crippen LogP contribution is -2.59. The Morgan fingerprint density at radius 3 is 2.83 bits per heavy atom. The van der Waals surface area contributed by atoms with E-state index in [1.807, 2.05) is 0 Å². The van der Waals surface area contributed by atoms with E-state index in [1.54, 1.807) is 38.1 Å². The van der Waals surface area contributed by atoms with Crippen LogP contribution in [-0.4, -0.2) is 42.6 Å². The molecule has 0 saturated carbocycles. The topological polar surface area (TPSA) is 84.9 Å². The number of nitrogens with one attached hydrogen (secondary N) is 1. The Labute approximate surface area is 139 Å². The molecule has 1 saturated heterocycles. The smallest absolute Gasteiger partial charge is 0.335 e. The molecule has 0 aromatic heterocycles. The SMILES string of the molecule is CC1(C)C(=O)Nc2ccccc2N1C(=O)COC(=O)[C@@H]1CCCO1. The van der Waals surface area contributed by atoms with E-state index >= 15 is 0 Å². The zero-order valence-corrected chi connectivity index (χ0v) is 13.7. The normalized spacial score (nSPS) is 21.8. The predicted molar refractivity (Wildman–Crippen MR) is 86.6 cm³/mol. The first-order valence-corrected chi connectivity index (χ1v) is 7.93. The number of carbonyl (C=O) groups excluding carboxylic acids is 3. The maximum atomic E-state index is 12.7. The first-order valence-electron chi connectivity index (χ1n) is 7.93. The van der Waals surface area contributed by atoms with Crippen LogP contribution in [0.2, 0.25) is 0 Å². The lowest BCUT2D eigenvalue weighted by atomic mass is 9.96. The number of rotatable bonds is 3. The molecule has 24 heavy (non-hydrogen) atoms. The van der Waals surface area contributed by atoms with E-state index in [1.165, 1.54) is 4.90 Å². The lowest BCUT2D eigenvalue weighted by Gasteiger charge is -2.41. The Hall–Kier alpha value is -2.41. The van der Waals surface area contributed by atoms with Gasteiger partial charge in [-0.2, -0.15) is 0 Å². The zero-order valence-electron chi connectivity index (χ0n) is 13.7. The molecule has 1 aromatic rings. The summed E-state index contributed by atoms with van der Waals surface area (Å²) in [5.41, 5.74) is 0.0581. The fourth-order valence-electron chi connectivity index (χ4n) is 2.95. The first kappa shape index (κ1) is 16.4. The molecule has 7 heteroatoms. The fourth-order valence-corrected chi connectivity index (χ4v) is 2.95. The third kappa shape index (κ3) is 2.87. The third-order valence-electron chi connectivity index (χ3n) is 4.29. The van der Waals surface area contributed by atoms with Gasteiger partial charge in [-0.1, -0.05) is 12.1 Å². The number of ether oxygens (including phenoxy) is 2.